The number of hydrogen-bond donors (Lipinski definition) is 0. The molecule has 21 heavy (non-hydrogen) atoms. The lowest BCUT2D eigenvalue weighted by atomic mass is 10.2. The Hall–Kier alpha value is -1.11. The summed E-state index contributed by atoms with van der Waals surface area (Å²) in [6.07, 6.45) is 0. The fourth-order valence-corrected chi connectivity index (χ4v) is 3.31. The van der Waals surface area contributed by atoms with Gasteiger partial charge in [-0.15, -0.1) is 0 Å². The molecule has 112 valence electrons. The van der Waals surface area contributed by atoms with Gasteiger partial charge in [-0.1, -0.05) is 22.0 Å². The van der Waals surface area contributed by atoms with E-state index in [1.165, 1.54) is 18.2 Å². The van der Waals surface area contributed by atoms with E-state index < -0.39 is 9.05 Å². The molecule has 0 unspecified atom stereocenters. The van der Waals surface area contributed by atoms with Crippen LogP contribution in [0.1, 0.15) is 11.1 Å². The van der Waals surface area contributed by atoms with E-state index in [1.54, 1.807) is 25.1 Å². The number of benzene rings is 2. The molecule has 0 aliphatic carbocycles. The highest BCUT2D eigenvalue weighted by molar-refractivity contribution is 9.10. The summed E-state index contributed by atoms with van der Waals surface area (Å²) in [6, 6.07) is 9.09. The van der Waals surface area contributed by atoms with Gasteiger partial charge in [-0.05, 0) is 42.8 Å². The zero-order valence-corrected chi connectivity index (χ0v) is 14.1. The van der Waals surface area contributed by atoms with Crippen LogP contribution in [0.4, 0.5) is 4.39 Å². The molecule has 0 aliphatic rings. The van der Waals surface area contributed by atoms with Crippen LogP contribution >= 0.6 is 26.6 Å². The van der Waals surface area contributed by atoms with Gasteiger partial charge in [0.2, 0.25) is 0 Å². The Morgan fingerprint density at radius 1 is 1.24 bits per heavy atom. The summed E-state index contributed by atoms with van der Waals surface area (Å²) in [7, 11) is 1.52. The molecule has 0 aromatic heterocycles. The average Bonchev–Trinajstić information content (AvgIpc) is 2.36. The lowest BCUT2D eigenvalue weighted by molar-refractivity contribution is 0.299. The van der Waals surface area contributed by atoms with E-state index in [2.05, 4.69) is 15.9 Å². The molecule has 2 rings (SSSR count). The van der Waals surface area contributed by atoms with Crippen molar-refractivity contribution in [3.8, 4) is 5.75 Å². The Morgan fingerprint density at radius 3 is 2.52 bits per heavy atom. The maximum absolute atomic E-state index is 13.6. The van der Waals surface area contributed by atoms with E-state index >= 15 is 0 Å². The van der Waals surface area contributed by atoms with Crippen molar-refractivity contribution in [3.63, 3.8) is 0 Å². The molecular weight excluding hydrogens is 383 g/mol. The van der Waals surface area contributed by atoms with Crippen LogP contribution in [0.2, 0.25) is 0 Å². The van der Waals surface area contributed by atoms with E-state index in [0.717, 1.165) is 0 Å². The molecule has 2 aromatic carbocycles. The highest BCUT2D eigenvalue weighted by Gasteiger charge is 2.14. The summed E-state index contributed by atoms with van der Waals surface area (Å²) in [4.78, 5) is 0.0336. The first-order chi connectivity index (χ1) is 9.77. The third kappa shape index (κ3) is 4.18. The van der Waals surface area contributed by atoms with Crippen LogP contribution in [-0.2, 0) is 15.7 Å². The molecule has 0 aliphatic heterocycles. The largest absolute Gasteiger partial charge is 0.489 e. The summed E-state index contributed by atoms with van der Waals surface area (Å²) in [5.74, 6) is 0.0694. The summed E-state index contributed by atoms with van der Waals surface area (Å²) < 4.78 is 42.3. The van der Waals surface area contributed by atoms with Crippen LogP contribution in [-0.4, -0.2) is 8.42 Å². The maximum Gasteiger partial charge on any atom is 0.261 e. The number of ether oxygens (including phenoxy) is 1. The minimum absolute atomic E-state index is 0.0336. The molecule has 0 fully saturated rings. The smallest absolute Gasteiger partial charge is 0.261 e. The molecule has 0 atom stereocenters. The van der Waals surface area contributed by atoms with Crippen LogP contribution < -0.4 is 4.74 Å². The lowest BCUT2D eigenvalue weighted by Crippen LogP contribution is -2.00. The first kappa shape index (κ1) is 16.3. The normalized spacial score (nSPS) is 11.4. The van der Waals surface area contributed by atoms with Crippen molar-refractivity contribution >= 4 is 35.7 Å². The Labute approximate surface area is 135 Å². The highest BCUT2D eigenvalue weighted by Crippen LogP contribution is 2.25. The van der Waals surface area contributed by atoms with Crippen molar-refractivity contribution in [3.05, 3.63) is 57.8 Å². The number of halogens is 3. The van der Waals surface area contributed by atoms with Crippen molar-refractivity contribution in [1.82, 2.24) is 0 Å². The van der Waals surface area contributed by atoms with Crippen molar-refractivity contribution in [2.45, 2.75) is 18.4 Å². The van der Waals surface area contributed by atoms with Gasteiger partial charge in [0, 0.05) is 20.7 Å². The summed E-state index contributed by atoms with van der Waals surface area (Å²) >= 11 is 3.18. The molecule has 0 saturated heterocycles. The lowest BCUT2D eigenvalue weighted by Gasteiger charge is -2.09. The van der Waals surface area contributed by atoms with Gasteiger partial charge in [0.05, 0.1) is 4.90 Å². The van der Waals surface area contributed by atoms with Gasteiger partial charge in [0.1, 0.15) is 18.2 Å². The van der Waals surface area contributed by atoms with Gasteiger partial charge < -0.3 is 4.74 Å². The van der Waals surface area contributed by atoms with Crippen molar-refractivity contribution in [1.29, 1.82) is 0 Å². The van der Waals surface area contributed by atoms with Crippen LogP contribution in [0.3, 0.4) is 0 Å². The molecule has 0 amide bonds. The molecule has 0 N–H and O–H groups in total. The second-order valence-electron chi connectivity index (χ2n) is 4.39. The Balaban J connectivity index is 2.16. The highest BCUT2D eigenvalue weighted by atomic mass is 79.9. The Morgan fingerprint density at radius 2 is 1.95 bits per heavy atom. The van der Waals surface area contributed by atoms with Crippen LogP contribution in [0.5, 0.6) is 5.75 Å². The molecule has 3 nitrogen and oxygen atoms in total. The minimum atomic E-state index is -3.78. The topological polar surface area (TPSA) is 43.4 Å². The summed E-state index contributed by atoms with van der Waals surface area (Å²) in [5.41, 5.74) is 0.878. The Bertz CT molecular complexity index is 778. The van der Waals surface area contributed by atoms with Gasteiger partial charge in [-0.25, -0.2) is 12.8 Å². The first-order valence-electron chi connectivity index (χ1n) is 5.89. The third-order valence-electron chi connectivity index (χ3n) is 2.82. The molecule has 0 heterocycles. The maximum atomic E-state index is 13.6. The number of hydrogen-bond acceptors (Lipinski definition) is 3. The molecule has 0 saturated carbocycles. The monoisotopic (exact) mass is 392 g/mol. The van der Waals surface area contributed by atoms with Gasteiger partial charge >= 0.3 is 0 Å². The zero-order chi connectivity index (χ0) is 15.6. The van der Waals surface area contributed by atoms with Crippen LogP contribution in [0.15, 0.2) is 45.8 Å². The Kier molecular flexibility index (Phi) is 4.91. The molecule has 0 bridgehead atoms. The SMILES string of the molecule is Cc1cc(OCc2ccc(Br)cc2F)ccc1S(=O)(=O)Cl. The fourth-order valence-electron chi connectivity index (χ4n) is 1.79. The third-order valence-corrected chi connectivity index (χ3v) is 4.79. The average molecular weight is 394 g/mol. The van der Waals surface area contributed by atoms with E-state index in [-0.39, 0.29) is 17.3 Å². The second kappa shape index (κ2) is 6.34. The number of aryl methyl sites for hydroxylation is 1. The van der Waals surface area contributed by atoms with Crippen molar-refractivity contribution in [2.75, 3.05) is 0 Å². The van der Waals surface area contributed by atoms with Crippen LogP contribution in [0.25, 0.3) is 0 Å². The molecule has 2 aromatic rings. The second-order valence-corrected chi connectivity index (χ2v) is 7.84. The van der Waals surface area contributed by atoms with E-state index in [9.17, 15) is 12.8 Å². The predicted molar refractivity (Wildman–Crippen MR) is 82.6 cm³/mol. The van der Waals surface area contributed by atoms with Crippen molar-refractivity contribution in [2.24, 2.45) is 0 Å². The standard InChI is InChI=1S/C14H11BrClFO3S/c1-9-6-12(4-5-14(9)21(16,18)19)20-8-10-2-3-11(15)7-13(10)17/h2-7H,8H2,1H3. The van der Waals surface area contributed by atoms with E-state index in [0.29, 0.717) is 21.3 Å². The van der Waals surface area contributed by atoms with Gasteiger partial charge in [-0.3, -0.25) is 0 Å². The molecule has 0 spiro atoms. The first-order valence-corrected chi connectivity index (χ1v) is 8.99. The van der Waals surface area contributed by atoms with E-state index in [4.69, 9.17) is 15.4 Å². The fraction of sp³-hybridized carbons (Fsp3) is 0.143. The minimum Gasteiger partial charge on any atom is -0.489 e. The summed E-state index contributed by atoms with van der Waals surface area (Å²) in [5, 5.41) is 0. The zero-order valence-electron chi connectivity index (χ0n) is 10.9. The molecule has 7 heteroatoms. The van der Waals surface area contributed by atoms with E-state index in [1.807, 2.05) is 0 Å². The van der Waals surface area contributed by atoms with Gasteiger partial charge in [-0.2, -0.15) is 0 Å². The summed E-state index contributed by atoms with van der Waals surface area (Å²) in [6.45, 7) is 1.66. The predicted octanol–water partition coefficient (Wildman–Crippen LogP) is 4.40. The number of rotatable bonds is 4. The van der Waals surface area contributed by atoms with Gasteiger partial charge in [0.25, 0.3) is 9.05 Å². The van der Waals surface area contributed by atoms with Gasteiger partial charge in [0.15, 0.2) is 0 Å². The molecular formula is C14H11BrClFO3S. The quantitative estimate of drug-likeness (QED) is 0.723. The molecule has 0 radical (unpaired) electrons. The van der Waals surface area contributed by atoms with Crippen LogP contribution in [0, 0.1) is 12.7 Å². The van der Waals surface area contributed by atoms with Crippen molar-refractivity contribution < 1.29 is 17.5 Å².